The number of carbonyl (C=O) groups is 1. The minimum absolute atomic E-state index is 0.261. The number of amides is 1. The summed E-state index contributed by atoms with van der Waals surface area (Å²) < 4.78 is 36.3. The van der Waals surface area contributed by atoms with Crippen molar-refractivity contribution >= 4 is 21.6 Å². The molecule has 0 saturated heterocycles. The predicted octanol–water partition coefficient (Wildman–Crippen LogP) is 2.35. The van der Waals surface area contributed by atoms with Gasteiger partial charge in [-0.1, -0.05) is 12.1 Å². The first kappa shape index (κ1) is 21.6. The number of hydrogen-bond acceptors (Lipinski definition) is 5. The molecule has 0 aliphatic carbocycles. The molecule has 8 heteroatoms. The zero-order chi connectivity index (χ0) is 20.7. The Bertz CT molecular complexity index is 897. The van der Waals surface area contributed by atoms with E-state index in [1.165, 1.54) is 7.11 Å². The zero-order valence-electron chi connectivity index (χ0n) is 16.5. The van der Waals surface area contributed by atoms with Crippen molar-refractivity contribution in [1.29, 1.82) is 0 Å². The first-order chi connectivity index (χ1) is 13.2. The Kier molecular flexibility index (Phi) is 7.28. The van der Waals surface area contributed by atoms with Crippen LogP contribution >= 0.6 is 0 Å². The average Bonchev–Trinajstić information content (AvgIpc) is 2.64. The molecule has 28 heavy (non-hydrogen) atoms. The summed E-state index contributed by atoms with van der Waals surface area (Å²) >= 11 is 0. The van der Waals surface area contributed by atoms with Gasteiger partial charge in [0.2, 0.25) is 15.9 Å². The van der Waals surface area contributed by atoms with Crippen LogP contribution in [-0.2, 0) is 14.8 Å². The molecule has 0 aliphatic heterocycles. The van der Waals surface area contributed by atoms with E-state index >= 15 is 0 Å². The molecule has 7 nitrogen and oxygen atoms in total. The van der Waals surface area contributed by atoms with Gasteiger partial charge in [0.25, 0.3) is 0 Å². The third-order valence-corrected chi connectivity index (χ3v) is 5.32. The number of ether oxygens (including phenoxy) is 2. The number of rotatable bonds is 9. The molecule has 0 aliphatic rings. The first-order valence-corrected chi connectivity index (χ1v) is 10.7. The molecule has 0 heterocycles. The molecule has 0 spiro atoms. The molecule has 1 N–H and O–H groups in total. The highest BCUT2D eigenvalue weighted by molar-refractivity contribution is 7.92. The number of anilines is 1. The molecular weight excluding hydrogens is 380 g/mol. The van der Waals surface area contributed by atoms with Crippen LogP contribution in [-0.4, -0.2) is 46.9 Å². The summed E-state index contributed by atoms with van der Waals surface area (Å²) in [5, 5.41) is 2.72. The molecule has 1 amide bonds. The van der Waals surface area contributed by atoms with Gasteiger partial charge in [-0.25, -0.2) is 8.42 Å². The van der Waals surface area contributed by atoms with E-state index in [1.807, 2.05) is 31.2 Å². The second-order valence-corrected chi connectivity index (χ2v) is 8.25. The largest absolute Gasteiger partial charge is 0.497 e. The predicted molar refractivity (Wildman–Crippen MR) is 109 cm³/mol. The monoisotopic (exact) mass is 406 g/mol. The maximum atomic E-state index is 12.5. The zero-order valence-corrected chi connectivity index (χ0v) is 17.3. The Morgan fingerprint density at radius 1 is 1.14 bits per heavy atom. The fraction of sp³-hybridized carbons (Fsp3) is 0.350. The standard InChI is InChI=1S/C20H26N2O5S/c1-15-6-5-7-19(14-15)27-13-12-21-20(23)16(2)22(28(4,24)25)17-8-10-18(26-3)11-9-17/h5-11,14,16H,12-13H2,1-4H3,(H,21,23)/t16-/m0/s1. The lowest BCUT2D eigenvalue weighted by atomic mass is 10.2. The first-order valence-electron chi connectivity index (χ1n) is 8.83. The Morgan fingerprint density at radius 2 is 1.82 bits per heavy atom. The van der Waals surface area contributed by atoms with Gasteiger partial charge in [-0.2, -0.15) is 0 Å². The lowest BCUT2D eigenvalue weighted by molar-refractivity contribution is -0.121. The van der Waals surface area contributed by atoms with Gasteiger partial charge in [-0.15, -0.1) is 0 Å². The molecule has 152 valence electrons. The van der Waals surface area contributed by atoms with Crippen LogP contribution in [0.15, 0.2) is 48.5 Å². The smallest absolute Gasteiger partial charge is 0.243 e. The number of carbonyl (C=O) groups excluding carboxylic acids is 1. The second-order valence-electron chi connectivity index (χ2n) is 6.39. The van der Waals surface area contributed by atoms with Crippen LogP contribution in [0.25, 0.3) is 0 Å². The van der Waals surface area contributed by atoms with Crippen molar-refractivity contribution in [2.75, 3.05) is 30.8 Å². The quantitative estimate of drug-likeness (QED) is 0.646. The highest BCUT2D eigenvalue weighted by Gasteiger charge is 2.28. The van der Waals surface area contributed by atoms with Gasteiger partial charge in [0, 0.05) is 0 Å². The fourth-order valence-corrected chi connectivity index (χ4v) is 3.91. The summed E-state index contributed by atoms with van der Waals surface area (Å²) in [5.41, 5.74) is 1.47. The van der Waals surface area contributed by atoms with Gasteiger partial charge in [0.15, 0.2) is 0 Å². The summed E-state index contributed by atoms with van der Waals surface area (Å²) in [5.74, 6) is 0.912. The van der Waals surface area contributed by atoms with Gasteiger partial charge in [0.05, 0.1) is 25.6 Å². The van der Waals surface area contributed by atoms with Crippen LogP contribution in [0.5, 0.6) is 11.5 Å². The molecule has 0 aromatic heterocycles. The van der Waals surface area contributed by atoms with Crippen molar-refractivity contribution in [2.45, 2.75) is 19.9 Å². The number of sulfonamides is 1. The van der Waals surface area contributed by atoms with Gasteiger partial charge in [-0.05, 0) is 55.8 Å². The van der Waals surface area contributed by atoms with Crippen LogP contribution in [0, 0.1) is 6.92 Å². The number of hydrogen-bond donors (Lipinski definition) is 1. The lowest BCUT2D eigenvalue weighted by Crippen LogP contribution is -2.48. The minimum Gasteiger partial charge on any atom is -0.497 e. The van der Waals surface area contributed by atoms with Crippen LogP contribution in [0.2, 0.25) is 0 Å². The number of nitrogens with zero attached hydrogens (tertiary/aromatic N) is 1. The lowest BCUT2D eigenvalue weighted by Gasteiger charge is -2.28. The van der Waals surface area contributed by atoms with Crippen LogP contribution in [0.1, 0.15) is 12.5 Å². The topological polar surface area (TPSA) is 84.9 Å². The summed E-state index contributed by atoms with van der Waals surface area (Å²) in [7, 11) is -2.13. The van der Waals surface area contributed by atoms with Crippen molar-refractivity contribution in [3.8, 4) is 11.5 Å². The molecule has 0 fully saturated rings. The summed E-state index contributed by atoms with van der Waals surface area (Å²) in [6, 6.07) is 13.2. The summed E-state index contributed by atoms with van der Waals surface area (Å²) in [6.45, 7) is 4.05. The molecule has 2 aromatic carbocycles. The third-order valence-electron chi connectivity index (χ3n) is 4.07. The van der Waals surface area contributed by atoms with Gasteiger partial charge < -0.3 is 14.8 Å². The normalized spacial score (nSPS) is 12.1. The van der Waals surface area contributed by atoms with E-state index in [4.69, 9.17) is 9.47 Å². The third kappa shape index (κ3) is 5.88. The van der Waals surface area contributed by atoms with E-state index in [-0.39, 0.29) is 13.2 Å². The fourth-order valence-electron chi connectivity index (χ4n) is 2.73. The van der Waals surface area contributed by atoms with Crippen molar-refractivity contribution in [3.63, 3.8) is 0 Å². The number of aryl methyl sites for hydroxylation is 1. The maximum absolute atomic E-state index is 12.5. The van der Waals surface area contributed by atoms with Crippen LogP contribution < -0.4 is 19.1 Å². The molecule has 0 saturated carbocycles. The SMILES string of the molecule is COc1ccc(N([C@@H](C)C(=O)NCCOc2cccc(C)c2)S(C)(=O)=O)cc1. The maximum Gasteiger partial charge on any atom is 0.243 e. The summed E-state index contributed by atoms with van der Waals surface area (Å²) in [4.78, 5) is 12.5. The molecule has 2 aromatic rings. The average molecular weight is 407 g/mol. The molecule has 0 bridgehead atoms. The minimum atomic E-state index is -3.66. The Hall–Kier alpha value is -2.74. The van der Waals surface area contributed by atoms with Crippen molar-refractivity contribution in [2.24, 2.45) is 0 Å². The summed E-state index contributed by atoms with van der Waals surface area (Å²) in [6.07, 6.45) is 1.07. The van der Waals surface area contributed by atoms with Crippen molar-refractivity contribution in [1.82, 2.24) is 5.32 Å². The Morgan fingerprint density at radius 3 is 2.39 bits per heavy atom. The van der Waals surface area contributed by atoms with E-state index in [1.54, 1.807) is 31.2 Å². The van der Waals surface area contributed by atoms with Crippen molar-refractivity contribution < 1.29 is 22.7 Å². The number of benzene rings is 2. The molecule has 0 radical (unpaired) electrons. The molecule has 0 unspecified atom stereocenters. The highest BCUT2D eigenvalue weighted by atomic mass is 32.2. The Balaban J connectivity index is 1.99. The molecular formula is C20H26N2O5S. The van der Waals surface area contributed by atoms with Crippen molar-refractivity contribution in [3.05, 3.63) is 54.1 Å². The highest BCUT2D eigenvalue weighted by Crippen LogP contribution is 2.23. The number of methoxy groups -OCH3 is 1. The van der Waals surface area contributed by atoms with E-state index in [0.717, 1.165) is 21.9 Å². The van der Waals surface area contributed by atoms with E-state index in [0.29, 0.717) is 11.4 Å². The van der Waals surface area contributed by atoms with E-state index in [9.17, 15) is 13.2 Å². The van der Waals surface area contributed by atoms with Gasteiger partial charge in [-0.3, -0.25) is 9.10 Å². The Labute approximate surface area is 166 Å². The molecule has 1 atom stereocenters. The van der Waals surface area contributed by atoms with Gasteiger partial charge in [0.1, 0.15) is 24.1 Å². The van der Waals surface area contributed by atoms with Crippen LogP contribution in [0.4, 0.5) is 5.69 Å². The van der Waals surface area contributed by atoms with Gasteiger partial charge >= 0.3 is 0 Å². The van der Waals surface area contributed by atoms with E-state index in [2.05, 4.69) is 5.32 Å². The second kappa shape index (κ2) is 9.45. The van der Waals surface area contributed by atoms with Crippen LogP contribution in [0.3, 0.4) is 0 Å². The van der Waals surface area contributed by atoms with E-state index < -0.39 is 22.0 Å². The number of nitrogens with one attached hydrogen (secondary N) is 1. The molecule has 2 rings (SSSR count).